The van der Waals surface area contributed by atoms with Gasteiger partial charge in [0.1, 0.15) is 12.2 Å². The van der Waals surface area contributed by atoms with Crippen molar-refractivity contribution in [2.24, 2.45) is 11.8 Å². The summed E-state index contributed by atoms with van der Waals surface area (Å²) in [6.45, 7) is 2.55. The molecule has 240 valence electrons. The van der Waals surface area contributed by atoms with Gasteiger partial charge >= 0.3 is 5.97 Å². The number of ether oxygens (including phenoxy) is 2. The number of nitrogens with one attached hydrogen (secondary N) is 1. The summed E-state index contributed by atoms with van der Waals surface area (Å²) in [4.78, 5) is 39.6. The van der Waals surface area contributed by atoms with Gasteiger partial charge in [-0.1, -0.05) is 48.6 Å². The number of aryl methyl sites for hydroxylation is 1. The Morgan fingerprint density at radius 3 is 2.58 bits per heavy atom. The number of nitrogens with zero attached hydrogens (tertiary/aromatic N) is 1. The second-order valence-corrected chi connectivity index (χ2v) is 10.9. The van der Waals surface area contributed by atoms with E-state index in [2.05, 4.69) is 10.2 Å². The number of methoxy groups -OCH3 is 1. The lowest BCUT2D eigenvalue weighted by molar-refractivity contribution is -0.769. The van der Waals surface area contributed by atoms with Crippen LogP contribution in [0.5, 0.6) is 0 Å². The molecule has 3 N–H and O–H groups in total. The van der Waals surface area contributed by atoms with Gasteiger partial charge in [-0.05, 0) is 69.4 Å². The minimum absolute atomic E-state index is 0.0390. The highest BCUT2D eigenvalue weighted by atomic mass is 17.0. The average Bonchev–Trinajstić information content (AvgIpc) is 3.23. The third-order valence-electron chi connectivity index (χ3n) is 7.53. The molecule has 1 aliphatic carbocycles. The van der Waals surface area contributed by atoms with Crippen molar-refractivity contribution in [3.8, 4) is 0 Å². The van der Waals surface area contributed by atoms with E-state index in [1.807, 2.05) is 55.5 Å². The third kappa shape index (κ3) is 14.6. The number of unbranched alkanes of at least 4 members (excludes halogenated alkanes) is 1. The number of benzene rings is 1. The SMILES string of the molecule is CCNC(=O)CCC/C=C\C[C@@H]1[C@@H](/C=C/[C@H](CCc2ccccc2)OC(=O)CCC[C@H](COC)O[N+](=O)[O-])[C@H](O)C[C@@H]1O. The van der Waals surface area contributed by atoms with E-state index < -0.39 is 35.5 Å². The molecule has 1 amide bonds. The van der Waals surface area contributed by atoms with Gasteiger partial charge in [0.15, 0.2) is 0 Å². The van der Waals surface area contributed by atoms with Gasteiger partial charge in [-0.2, -0.15) is 0 Å². The number of hydrogen-bond donors (Lipinski definition) is 3. The van der Waals surface area contributed by atoms with E-state index in [0.717, 1.165) is 18.4 Å². The van der Waals surface area contributed by atoms with Gasteiger partial charge in [-0.3, -0.25) is 9.59 Å². The molecule has 0 aromatic heterocycles. The van der Waals surface area contributed by atoms with Gasteiger partial charge in [-0.25, -0.2) is 0 Å². The van der Waals surface area contributed by atoms with Crippen LogP contribution >= 0.6 is 0 Å². The van der Waals surface area contributed by atoms with E-state index in [0.29, 0.717) is 38.6 Å². The molecule has 1 saturated carbocycles. The van der Waals surface area contributed by atoms with E-state index in [1.54, 1.807) is 6.08 Å². The topological polar surface area (TPSA) is 157 Å². The number of aliphatic hydroxyl groups excluding tert-OH is 2. The van der Waals surface area contributed by atoms with Crippen molar-refractivity contribution in [3.63, 3.8) is 0 Å². The van der Waals surface area contributed by atoms with Crippen molar-refractivity contribution < 1.29 is 39.2 Å². The zero-order valence-electron chi connectivity index (χ0n) is 25.3. The Morgan fingerprint density at radius 2 is 1.88 bits per heavy atom. The minimum atomic E-state index is -0.863. The van der Waals surface area contributed by atoms with Crippen molar-refractivity contribution in [2.45, 2.75) is 95.5 Å². The molecular weight excluding hydrogens is 556 g/mol. The Bertz CT molecular complexity index is 1020. The average molecular weight is 605 g/mol. The van der Waals surface area contributed by atoms with E-state index in [9.17, 15) is 29.9 Å². The fourth-order valence-corrected chi connectivity index (χ4v) is 5.32. The summed E-state index contributed by atoms with van der Waals surface area (Å²) in [6, 6.07) is 9.84. The summed E-state index contributed by atoms with van der Waals surface area (Å²) in [5.41, 5.74) is 1.10. The van der Waals surface area contributed by atoms with Crippen LogP contribution in [0.3, 0.4) is 0 Å². The van der Waals surface area contributed by atoms with Crippen molar-refractivity contribution in [2.75, 3.05) is 20.3 Å². The first kappa shape index (κ1) is 35.9. The molecule has 0 saturated heterocycles. The normalized spacial score (nSPS) is 21.6. The molecule has 0 heterocycles. The number of amides is 1. The highest BCUT2D eigenvalue weighted by molar-refractivity contribution is 5.75. The highest BCUT2D eigenvalue weighted by Crippen LogP contribution is 2.36. The standard InChI is InChI=1S/C32H48N2O9/c1-3-33-31(37)16-10-5-4-9-15-27-28(30(36)22-29(27)35)21-20-25(19-18-24-12-7-6-8-13-24)42-32(38)17-11-14-26(23-41-2)43-34(39)40/h4,6-9,12-13,20-21,25-30,35-36H,3,5,10-11,14-19,22-23H2,1-2H3,(H,33,37)/b9-4-,21-20+/t25-,26+,27+,28+,29-,30+/m0/s1. The zero-order chi connectivity index (χ0) is 31.5. The Labute approximate surface area is 254 Å². The molecule has 11 nitrogen and oxygen atoms in total. The maximum Gasteiger partial charge on any atom is 0.306 e. The van der Waals surface area contributed by atoms with Gasteiger partial charge < -0.3 is 29.8 Å². The second kappa shape index (κ2) is 20.6. The molecule has 0 radical (unpaired) electrons. The van der Waals surface area contributed by atoms with Crippen LogP contribution in [-0.4, -0.2) is 71.9 Å². The number of esters is 1. The molecular formula is C32H48N2O9. The van der Waals surface area contributed by atoms with Crippen LogP contribution in [0.2, 0.25) is 0 Å². The van der Waals surface area contributed by atoms with Crippen LogP contribution in [0.15, 0.2) is 54.6 Å². The van der Waals surface area contributed by atoms with E-state index in [4.69, 9.17) is 9.47 Å². The molecule has 1 aliphatic rings. The largest absolute Gasteiger partial charge is 0.458 e. The molecule has 0 spiro atoms. The van der Waals surface area contributed by atoms with Crippen LogP contribution in [0, 0.1) is 22.0 Å². The monoisotopic (exact) mass is 604 g/mol. The number of hydrogen-bond acceptors (Lipinski definition) is 9. The van der Waals surface area contributed by atoms with Gasteiger partial charge in [0, 0.05) is 38.8 Å². The van der Waals surface area contributed by atoms with Gasteiger partial charge in [0.25, 0.3) is 5.09 Å². The van der Waals surface area contributed by atoms with Crippen LogP contribution in [-0.2, 0) is 30.3 Å². The lowest BCUT2D eigenvalue weighted by Gasteiger charge is -2.21. The van der Waals surface area contributed by atoms with Crippen LogP contribution in [0.25, 0.3) is 0 Å². The maximum absolute atomic E-state index is 12.7. The predicted octanol–water partition coefficient (Wildman–Crippen LogP) is 4.09. The minimum Gasteiger partial charge on any atom is -0.458 e. The molecule has 0 unspecified atom stereocenters. The summed E-state index contributed by atoms with van der Waals surface area (Å²) in [5.74, 6) is -0.881. The van der Waals surface area contributed by atoms with E-state index >= 15 is 0 Å². The number of allylic oxidation sites excluding steroid dienone is 2. The van der Waals surface area contributed by atoms with Gasteiger partial charge in [-0.15, -0.1) is 10.1 Å². The van der Waals surface area contributed by atoms with Gasteiger partial charge in [0.2, 0.25) is 5.91 Å². The third-order valence-corrected chi connectivity index (χ3v) is 7.53. The predicted molar refractivity (Wildman–Crippen MR) is 161 cm³/mol. The quantitative estimate of drug-likeness (QED) is 0.0618. The Balaban J connectivity index is 1.99. The highest BCUT2D eigenvalue weighted by Gasteiger charge is 2.39. The van der Waals surface area contributed by atoms with E-state index in [-0.39, 0.29) is 43.6 Å². The smallest absolute Gasteiger partial charge is 0.306 e. The molecule has 1 aromatic rings. The first-order valence-electron chi connectivity index (χ1n) is 15.2. The molecule has 43 heavy (non-hydrogen) atoms. The fraction of sp³-hybridized carbons (Fsp3) is 0.625. The van der Waals surface area contributed by atoms with Crippen molar-refractivity contribution in [1.82, 2.24) is 5.32 Å². The fourth-order valence-electron chi connectivity index (χ4n) is 5.32. The van der Waals surface area contributed by atoms with E-state index in [1.165, 1.54) is 7.11 Å². The van der Waals surface area contributed by atoms with Crippen LogP contribution in [0.4, 0.5) is 0 Å². The first-order valence-corrected chi connectivity index (χ1v) is 15.2. The molecule has 2 rings (SSSR count). The summed E-state index contributed by atoms with van der Waals surface area (Å²) < 4.78 is 10.7. The summed E-state index contributed by atoms with van der Waals surface area (Å²) in [6.07, 6.45) is 9.68. The molecule has 1 fully saturated rings. The molecule has 6 atom stereocenters. The van der Waals surface area contributed by atoms with Crippen molar-refractivity contribution in [3.05, 3.63) is 70.3 Å². The molecule has 11 heteroatoms. The summed E-state index contributed by atoms with van der Waals surface area (Å²) >= 11 is 0. The number of carbonyl (C=O) groups excluding carboxylic acids is 2. The van der Waals surface area contributed by atoms with Crippen LogP contribution < -0.4 is 5.32 Å². The number of rotatable bonds is 21. The Hall–Kier alpha value is -3.28. The Kier molecular flexibility index (Phi) is 17.2. The lowest BCUT2D eigenvalue weighted by atomic mass is 9.89. The molecule has 0 bridgehead atoms. The number of carbonyl (C=O) groups is 2. The second-order valence-electron chi connectivity index (χ2n) is 10.9. The number of aliphatic hydroxyl groups is 2. The summed E-state index contributed by atoms with van der Waals surface area (Å²) in [7, 11) is 1.42. The van der Waals surface area contributed by atoms with Crippen molar-refractivity contribution >= 4 is 11.9 Å². The summed E-state index contributed by atoms with van der Waals surface area (Å²) in [5, 5.41) is 33.9. The van der Waals surface area contributed by atoms with Crippen LogP contribution in [0.1, 0.15) is 70.3 Å². The zero-order valence-corrected chi connectivity index (χ0v) is 25.3. The molecule has 0 aliphatic heterocycles. The first-order chi connectivity index (χ1) is 20.7. The van der Waals surface area contributed by atoms with Crippen molar-refractivity contribution in [1.29, 1.82) is 0 Å². The lowest BCUT2D eigenvalue weighted by Crippen LogP contribution is -2.23. The van der Waals surface area contributed by atoms with Gasteiger partial charge in [0.05, 0.1) is 18.8 Å². The maximum atomic E-state index is 12.7. The molecule has 1 aromatic carbocycles. The Morgan fingerprint density at radius 1 is 1.12 bits per heavy atom.